The summed E-state index contributed by atoms with van der Waals surface area (Å²) in [6.45, 7) is -0.443. The number of para-hydroxylation sites is 1. The van der Waals surface area contributed by atoms with Gasteiger partial charge in [0.05, 0.1) is 17.7 Å². The third-order valence-corrected chi connectivity index (χ3v) is 4.75. The molecule has 6 nitrogen and oxygen atoms in total. The molecule has 0 spiro atoms. The molecule has 0 aliphatic carbocycles. The Labute approximate surface area is 147 Å². The fraction of sp³-hybridized carbons (Fsp3) is 0.125. The van der Waals surface area contributed by atoms with E-state index in [4.69, 9.17) is 22.1 Å². The van der Waals surface area contributed by atoms with Crippen molar-refractivity contribution in [2.75, 3.05) is 13.7 Å². The van der Waals surface area contributed by atoms with E-state index >= 15 is 0 Å². The van der Waals surface area contributed by atoms with Crippen LogP contribution < -0.4 is 4.74 Å². The van der Waals surface area contributed by atoms with Crippen molar-refractivity contribution >= 4 is 57.2 Å². The number of thioether (sulfide) groups is 1. The van der Waals surface area contributed by atoms with Crippen molar-refractivity contribution in [3.63, 3.8) is 0 Å². The molecule has 1 aromatic heterocycles. The smallest absolute Gasteiger partial charge is 0.323 e. The number of aliphatic carboxylic acids is 1. The quantitative estimate of drug-likeness (QED) is 0.663. The normalized spacial score (nSPS) is 16.2. The lowest BCUT2D eigenvalue weighted by atomic mass is 10.2. The highest BCUT2D eigenvalue weighted by atomic mass is 32.2. The molecule has 0 saturated carbocycles. The maximum Gasteiger partial charge on any atom is 0.323 e. The van der Waals surface area contributed by atoms with Gasteiger partial charge in [0.25, 0.3) is 5.91 Å². The van der Waals surface area contributed by atoms with Gasteiger partial charge in [0.15, 0.2) is 0 Å². The van der Waals surface area contributed by atoms with Gasteiger partial charge >= 0.3 is 5.97 Å². The zero-order valence-electron chi connectivity index (χ0n) is 12.6. The Morgan fingerprint density at radius 3 is 2.92 bits per heavy atom. The molecule has 0 atom stereocenters. The molecule has 8 heteroatoms. The molecule has 24 heavy (non-hydrogen) atoms. The average molecular weight is 360 g/mol. The number of amides is 1. The lowest BCUT2D eigenvalue weighted by Gasteiger charge is -2.10. The molecule has 2 heterocycles. The van der Waals surface area contributed by atoms with Crippen LogP contribution in [-0.2, 0) is 9.59 Å². The van der Waals surface area contributed by atoms with E-state index in [0.717, 1.165) is 22.0 Å². The van der Waals surface area contributed by atoms with Crippen LogP contribution >= 0.6 is 24.0 Å². The second kappa shape index (κ2) is 6.58. The third-order valence-electron chi connectivity index (χ3n) is 3.37. The number of methoxy groups -OCH3 is 1. The second-order valence-corrected chi connectivity index (χ2v) is 6.61. The lowest BCUT2D eigenvalue weighted by molar-refractivity contribution is -0.140. The van der Waals surface area contributed by atoms with Gasteiger partial charge in [-0.25, -0.2) is 4.98 Å². The zero-order chi connectivity index (χ0) is 17.3. The van der Waals surface area contributed by atoms with Gasteiger partial charge in [0.2, 0.25) is 0 Å². The molecule has 1 N–H and O–H groups in total. The minimum absolute atomic E-state index is 0.229. The van der Waals surface area contributed by atoms with Crippen LogP contribution in [0.5, 0.6) is 5.75 Å². The van der Waals surface area contributed by atoms with E-state index in [2.05, 4.69) is 4.98 Å². The topological polar surface area (TPSA) is 79.7 Å². The van der Waals surface area contributed by atoms with E-state index < -0.39 is 18.4 Å². The van der Waals surface area contributed by atoms with Gasteiger partial charge in [-0.1, -0.05) is 42.2 Å². The number of fused-ring (bicyclic) bond motifs is 1. The predicted octanol–water partition coefficient (Wildman–Crippen LogP) is 2.53. The number of carbonyl (C=O) groups is 2. The molecule has 1 aromatic carbocycles. The number of carboxylic acid groups (broad SMARTS) is 1. The van der Waals surface area contributed by atoms with Crippen LogP contribution in [0.15, 0.2) is 35.2 Å². The molecule has 1 aliphatic rings. The van der Waals surface area contributed by atoms with E-state index in [1.54, 1.807) is 19.3 Å². The highest BCUT2D eigenvalue weighted by Gasteiger charge is 2.33. The van der Waals surface area contributed by atoms with Crippen molar-refractivity contribution < 1.29 is 19.4 Å². The van der Waals surface area contributed by atoms with Gasteiger partial charge in [0, 0.05) is 5.39 Å². The van der Waals surface area contributed by atoms with Crippen LogP contribution in [0.4, 0.5) is 0 Å². The Bertz CT molecular complexity index is 895. The van der Waals surface area contributed by atoms with Crippen LogP contribution in [0.1, 0.15) is 5.69 Å². The van der Waals surface area contributed by atoms with Crippen LogP contribution in [0.25, 0.3) is 17.0 Å². The van der Waals surface area contributed by atoms with Crippen LogP contribution in [-0.4, -0.2) is 44.8 Å². The minimum atomic E-state index is -1.11. The highest BCUT2D eigenvalue weighted by Crippen LogP contribution is 2.32. The first-order chi connectivity index (χ1) is 11.5. The fourth-order valence-electron chi connectivity index (χ4n) is 2.29. The summed E-state index contributed by atoms with van der Waals surface area (Å²) in [5, 5.41) is 9.77. The first-order valence-electron chi connectivity index (χ1n) is 6.90. The number of carboxylic acids is 1. The number of aromatic nitrogens is 1. The molecule has 3 rings (SSSR count). The van der Waals surface area contributed by atoms with Crippen LogP contribution in [0.3, 0.4) is 0 Å². The standard InChI is InChI=1S/C16H12N2O4S2/c1-22-11-4-2-3-9-5-6-10(17-14(9)11)7-12-15(21)18(8-13(19)20)16(23)24-12/h2-7H,8H2,1H3,(H,19,20)/b12-7-. The molecular formula is C16H12N2O4S2. The molecule has 1 saturated heterocycles. The Hall–Kier alpha value is -2.45. The van der Waals surface area contributed by atoms with E-state index in [1.165, 1.54) is 0 Å². The van der Waals surface area contributed by atoms with E-state index in [9.17, 15) is 9.59 Å². The van der Waals surface area contributed by atoms with Crippen molar-refractivity contribution in [2.24, 2.45) is 0 Å². The average Bonchev–Trinajstić information content (AvgIpc) is 2.81. The summed E-state index contributed by atoms with van der Waals surface area (Å²) in [7, 11) is 1.57. The first kappa shape index (κ1) is 16.4. The van der Waals surface area contributed by atoms with Gasteiger partial charge in [-0.15, -0.1) is 0 Å². The van der Waals surface area contributed by atoms with Gasteiger partial charge in [-0.3, -0.25) is 14.5 Å². The van der Waals surface area contributed by atoms with Crippen molar-refractivity contribution in [3.05, 3.63) is 40.9 Å². The van der Waals surface area contributed by atoms with Gasteiger partial charge < -0.3 is 9.84 Å². The van der Waals surface area contributed by atoms with Gasteiger partial charge in [0.1, 0.15) is 22.1 Å². The number of hydrogen-bond acceptors (Lipinski definition) is 6. The summed E-state index contributed by atoms with van der Waals surface area (Å²) in [5.41, 5.74) is 1.26. The van der Waals surface area contributed by atoms with Crippen molar-refractivity contribution in [3.8, 4) is 5.75 Å². The molecule has 1 aliphatic heterocycles. The maximum absolute atomic E-state index is 12.3. The lowest BCUT2D eigenvalue weighted by Crippen LogP contribution is -2.33. The minimum Gasteiger partial charge on any atom is -0.494 e. The molecule has 122 valence electrons. The number of thiocarbonyl (C=S) groups is 1. The Morgan fingerprint density at radius 1 is 1.42 bits per heavy atom. The number of benzene rings is 1. The summed E-state index contributed by atoms with van der Waals surface area (Å²) in [4.78, 5) is 29.0. The molecule has 0 bridgehead atoms. The van der Waals surface area contributed by atoms with Crippen LogP contribution in [0, 0.1) is 0 Å². The second-order valence-electron chi connectivity index (χ2n) is 4.93. The highest BCUT2D eigenvalue weighted by molar-refractivity contribution is 8.26. The van der Waals surface area contributed by atoms with Crippen molar-refractivity contribution in [1.82, 2.24) is 9.88 Å². The Kier molecular flexibility index (Phi) is 4.50. The van der Waals surface area contributed by atoms with Crippen LogP contribution in [0.2, 0.25) is 0 Å². The van der Waals surface area contributed by atoms with E-state index in [-0.39, 0.29) is 4.32 Å². The predicted molar refractivity (Wildman–Crippen MR) is 95.8 cm³/mol. The summed E-state index contributed by atoms with van der Waals surface area (Å²) in [6, 6.07) is 9.27. The molecule has 1 fully saturated rings. The fourth-order valence-corrected chi connectivity index (χ4v) is 3.53. The summed E-state index contributed by atoms with van der Waals surface area (Å²) < 4.78 is 5.53. The number of ether oxygens (including phenoxy) is 1. The van der Waals surface area contributed by atoms with Crippen molar-refractivity contribution in [2.45, 2.75) is 0 Å². The SMILES string of the molecule is COc1cccc2ccc(/C=C3\SC(=S)N(CC(=O)O)C3=O)nc12. The maximum atomic E-state index is 12.3. The number of nitrogens with zero attached hydrogens (tertiary/aromatic N) is 2. The summed E-state index contributed by atoms with van der Waals surface area (Å²) in [6.07, 6.45) is 1.60. The van der Waals surface area contributed by atoms with Crippen molar-refractivity contribution in [1.29, 1.82) is 0 Å². The molecular weight excluding hydrogens is 348 g/mol. The van der Waals surface area contributed by atoms with Gasteiger partial charge in [-0.05, 0) is 18.2 Å². The largest absolute Gasteiger partial charge is 0.494 e. The number of carbonyl (C=O) groups excluding carboxylic acids is 1. The molecule has 0 unspecified atom stereocenters. The monoisotopic (exact) mass is 360 g/mol. The molecule has 0 radical (unpaired) electrons. The number of pyridine rings is 1. The Morgan fingerprint density at radius 2 is 2.21 bits per heavy atom. The van der Waals surface area contributed by atoms with E-state index in [0.29, 0.717) is 21.9 Å². The van der Waals surface area contributed by atoms with Gasteiger partial charge in [-0.2, -0.15) is 0 Å². The first-order valence-corrected chi connectivity index (χ1v) is 8.13. The third kappa shape index (κ3) is 3.10. The summed E-state index contributed by atoms with van der Waals surface area (Å²) in [5.74, 6) is -0.892. The number of hydrogen-bond donors (Lipinski definition) is 1. The molecule has 2 aromatic rings. The zero-order valence-corrected chi connectivity index (χ0v) is 14.2. The molecule has 1 amide bonds. The number of rotatable bonds is 4. The van der Waals surface area contributed by atoms with E-state index in [1.807, 2.05) is 24.3 Å². The summed E-state index contributed by atoms with van der Waals surface area (Å²) >= 11 is 6.14. The Balaban J connectivity index is 1.97.